The van der Waals surface area contributed by atoms with E-state index in [0.29, 0.717) is 30.3 Å². The Bertz CT molecular complexity index is 1090. The van der Waals surface area contributed by atoms with Gasteiger partial charge in [0.15, 0.2) is 10.9 Å². The van der Waals surface area contributed by atoms with Gasteiger partial charge in [0.05, 0.1) is 37.1 Å². The van der Waals surface area contributed by atoms with Crippen LogP contribution in [0.3, 0.4) is 0 Å². The van der Waals surface area contributed by atoms with Crippen LogP contribution in [0.5, 0.6) is 0 Å². The van der Waals surface area contributed by atoms with Gasteiger partial charge in [-0.3, -0.25) is 14.7 Å². The number of aromatic nitrogens is 3. The minimum absolute atomic E-state index is 0.0252. The number of amides is 1. The highest BCUT2D eigenvalue weighted by atomic mass is 32.2. The van der Waals surface area contributed by atoms with Gasteiger partial charge in [-0.15, -0.1) is 10.2 Å². The van der Waals surface area contributed by atoms with E-state index >= 15 is 0 Å². The molecule has 2 N–H and O–H groups in total. The molecule has 1 aliphatic heterocycles. The summed E-state index contributed by atoms with van der Waals surface area (Å²) in [5, 5.41) is 16.3. The highest BCUT2D eigenvalue weighted by Gasteiger charge is 2.44. The highest BCUT2D eigenvalue weighted by Crippen LogP contribution is 2.32. The summed E-state index contributed by atoms with van der Waals surface area (Å²) in [6, 6.07) is 14.0. The second-order valence-electron chi connectivity index (χ2n) is 8.63. The molecular formula is C24H29N5O4S. The Morgan fingerprint density at radius 2 is 1.88 bits per heavy atom. The van der Waals surface area contributed by atoms with E-state index in [1.54, 1.807) is 32.2 Å². The number of hydrogen-bond acceptors (Lipinski definition) is 8. The smallest absolute Gasteiger partial charge is 0.226 e. The van der Waals surface area contributed by atoms with E-state index in [4.69, 9.17) is 13.9 Å². The van der Waals surface area contributed by atoms with Crippen LogP contribution in [0.2, 0.25) is 0 Å². The average molecular weight is 484 g/mol. The molecule has 1 saturated heterocycles. The quantitative estimate of drug-likeness (QED) is 0.471. The lowest BCUT2D eigenvalue weighted by Crippen LogP contribution is -2.65. The Balaban J connectivity index is 1.30. The number of nitrogens with zero attached hydrogens (tertiary/aromatic N) is 3. The molecule has 3 heterocycles. The zero-order valence-electron chi connectivity index (χ0n) is 19.2. The first-order chi connectivity index (χ1) is 16.7. The van der Waals surface area contributed by atoms with E-state index in [2.05, 4.69) is 37.5 Å². The van der Waals surface area contributed by atoms with Gasteiger partial charge in [-0.1, -0.05) is 42.1 Å². The molecule has 1 amide bonds. The van der Waals surface area contributed by atoms with Gasteiger partial charge in [0.1, 0.15) is 0 Å². The molecule has 1 saturated carbocycles. The summed E-state index contributed by atoms with van der Waals surface area (Å²) in [6.45, 7) is 0.620. The third-order valence-corrected chi connectivity index (χ3v) is 7.63. The van der Waals surface area contributed by atoms with Crippen LogP contribution >= 0.6 is 11.8 Å². The third-order valence-electron chi connectivity index (χ3n) is 6.57. The van der Waals surface area contributed by atoms with Crippen molar-refractivity contribution < 1.29 is 18.7 Å². The van der Waals surface area contributed by atoms with Crippen LogP contribution in [0, 0.1) is 5.92 Å². The van der Waals surface area contributed by atoms with Gasteiger partial charge >= 0.3 is 0 Å². The number of methoxy groups -OCH3 is 2. The molecule has 2 aliphatic rings. The summed E-state index contributed by atoms with van der Waals surface area (Å²) in [7, 11) is 3.37. The summed E-state index contributed by atoms with van der Waals surface area (Å²) in [6.07, 6.45) is 2.75. The molecule has 5 unspecified atom stereocenters. The van der Waals surface area contributed by atoms with Crippen molar-refractivity contribution in [2.45, 2.75) is 49.0 Å². The lowest BCUT2D eigenvalue weighted by Gasteiger charge is -2.44. The summed E-state index contributed by atoms with van der Waals surface area (Å²) in [5.74, 6) is 1.91. The van der Waals surface area contributed by atoms with Crippen LogP contribution in [-0.4, -0.2) is 65.1 Å². The fourth-order valence-electron chi connectivity index (χ4n) is 4.82. The molecule has 0 spiro atoms. The third kappa shape index (κ3) is 4.76. The van der Waals surface area contributed by atoms with Crippen LogP contribution < -0.4 is 10.6 Å². The van der Waals surface area contributed by atoms with Crippen molar-refractivity contribution in [3.05, 3.63) is 54.3 Å². The Labute approximate surface area is 202 Å². The highest BCUT2D eigenvalue weighted by molar-refractivity contribution is 7.99. The zero-order chi connectivity index (χ0) is 23.5. The Morgan fingerprint density at radius 3 is 2.62 bits per heavy atom. The molecule has 2 fully saturated rings. The van der Waals surface area contributed by atoms with Crippen molar-refractivity contribution in [2.75, 3.05) is 20.0 Å². The van der Waals surface area contributed by atoms with E-state index in [9.17, 15) is 4.79 Å². The number of ether oxygens (including phenoxy) is 2. The van der Waals surface area contributed by atoms with Gasteiger partial charge in [-0.05, 0) is 30.5 Å². The van der Waals surface area contributed by atoms with Crippen LogP contribution in [-0.2, 0) is 20.8 Å². The van der Waals surface area contributed by atoms with E-state index < -0.39 is 0 Å². The van der Waals surface area contributed by atoms with Crippen molar-refractivity contribution in [3.8, 4) is 11.6 Å². The molecule has 5 rings (SSSR count). The van der Waals surface area contributed by atoms with Crippen LogP contribution in [0.1, 0.15) is 18.4 Å². The standard InChI is InChI=1S/C24H29N5O4S/c1-31-19-11-16-17(12-20(19)32-2)25-21(26-23(16)30)14-34-24-28-27-22(18-9-6-10-33-18)29(24)13-15-7-4-3-5-8-15/h3-10,16-17,19-21,25H,11-14H2,1-2H3,(H,26,30). The van der Waals surface area contributed by atoms with Crippen molar-refractivity contribution in [3.63, 3.8) is 0 Å². The van der Waals surface area contributed by atoms with E-state index in [1.165, 1.54) is 0 Å². The number of carbonyl (C=O) groups is 1. The van der Waals surface area contributed by atoms with Crippen molar-refractivity contribution >= 4 is 17.7 Å². The minimum Gasteiger partial charge on any atom is -0.461 e. The molecule has 180 valence electrons. The average Bonchev–Trinajstić information content (AvgIpc) is 3.53. The maximum atomic E-state index is 12.9. The van der Waals surface area contributed by atoms with Gasteiger partial charge in [-0.2, -0.15) is 0 Å². The van der Waals surface area contributed by atoms with E-state index in [0.717, 1.165) is 17.1 Å². The number of thioether (sulfide) groups is 1. The largest absolute Gasteiger partial charge is 0.461 e. The molecule has 10 heteroatoms. The first-order valence-corrected chi connectivity index (χ1v) is 12.4. The van der Waals surface area contributed by atoms with E-state index in [1.807, 2.05) is 30.3 Å². The maximum absolute atomic E-state index is 12.9. The number of nitrogens with one attached hydrogen (secondary N) is 2. The fourth-order valence-corrected chi connectivity index (χ4v) is 5.72. The van der Waals surface area contributed by atoms with Gasteiger partial charge in [-0.25, -0.2) is 0 Å². The fraction of sp³-hybridized carbons (Fsp3) is 0.458. The molecule has 1 aliphatic carbocycles. The zero-order valence-corrected chi connectivity index (χ0v) is 20.0. The van der Waals surface area contributed by atoms with Crippen LogP contribution in [0.15, 0.2) is 58.3 Å². The Kier molecular flexibility index (Phi) is 7.00. The number of fused-ring (bicyclic) bond motifs is 1. The summed E-state index contributed by atoms with van der Waals surface area (Å²) < 4.78 is 18.8. The molecule has 2 aromatic heterocycles. The monoisotopic (exact) mass is 483 g/mol. The lowest BCUT2D eigenvalue weighted by molar-refractivity contribution is -0.139. The first kappa shape index (κ1) is 23.1. The normalized spacial score (nSPS) is 26.8. The number of furan rings is 1. The number of hydrogen-bond donors (Lipinski definition) is 2. The topological polar surface area (TPSA) is 103 Å². The van der Waals surface area contributed by atoms with E-state index in [-0.39, 0.29) is 36.2 Å². The van der Waals surface area contributed by atoms with Crippen molar-refractivity contribution in [1.29, 1.82) is 0 Å². The number of benzene rings is 1. The number of rotatable bonds is 8. The predicted octanol–water partition coefficient (Wildman–Crippen LogP) is 2.53. The summed E-state index contributed by atoms with van der Waals surface area (Å²) in [5.41, 5.74) is 1.14. The minimum atomic E-state index is -0.177. The molecule has 1 aromatic carbocycles. The first-order valence-electron chi connectivity index (χ1n) is 11.4. The van der Waals surface area contributed by atoms with Crippen LogP contribution in [0.25, 0.3) is 11.6 Å². The molecule has 9 nitrogen and oxygen atoms in total. The predicted molar refractivity (Wildman–Crippen MR) is 127 cm³/mol. The lowest BCUT2D eigenvalue weighted by atomic mass is 9.79. The maximum Gasteiger partial charge on any atom is 0.226 e. The Morgan fingerprint density at radius 1 is 1.09 bits per heavy atom. The summed E-state index contributed by atoms with van der Waals surface area (Å²) in [4.78, 5) is 12.9. The number of carbonyl (C=O) groups excluding carboxylic acids is 1. The Hall–Kier alpha value is -2.66. The second kappa shape index (κ2) is 10.3. The summed E-state index contributed by atoms with van der Waals surface area (Å²) >= 11 is 1.56. The molecule has 0 bridgehead atoms. The van der Waals surface area contributed by atoms with Gasteiger partial charge in [0, 0.05) is 26.0 Å². The SMILES string of the molecule is COC1CC2NC(CSc3nnc(-c4ccco4)n3Cc3ccccc3)NC(=O)C2CC1OC. The van der Waals surface area contributed by atoms with Crippen molar-refractivity contribution in [2.24, 2.45) is 5.92 Å². The van der Waals surface area contributed by atoms with Gasteiger partial charge < -0.3 is 19.2 Å². The van der Waals surface area contributed by atoms with Crippen LogP contribution in [0.4, 0.5) is 0 Å². The van der Waals surface area contributed by atoms with Gasteiger partial charge in [0.25, 0.3) is 0 Å². The molecule has 34 heavy (non-hydrogen) atoms. The molecule has 5 atom stereocenters. The molecular weight excluding hydrogens is 454 g/mol. The molecule has 3 aromatic rings. The second-order valence-corrected chi connectivity index (χ2v) is 9.61. The van der Waals surface area contributed by atoms with Gasteiger partial charge in [0.2, 0.25) is 11.7 Å². The van der Waals surface area contributed by atoms with Crippen molar-refractivity contribution in [1.82, 2.24) is 25.4 Å². The molecule has 0 radical (unpaired) electrons.